The first-order valence-corrected chi connectivity index (χ1v) is 8.88. The Morgan fingerprint density at radius 2 is 2.13 bits per heavy atom. The van der Waals surface area contributed by atoms with Gasteiger partial charge in [-0.25, -0.2) is 18.4 Å². The monoisotopic (exact) mass is 353 g/mol. The second-order valence-electron chi connectivity index (χ2n) is 5.27. The molecule has 0 aliphatic carbocycles. The van der Waals surface area contributed by atoms with Crippen molar-refractivity contribution in [2.24, 2.45) is 0 Å². The summed E-state index contributed by atoms with van der Waals surface area (Å²) < 4.78 is 32.5. The molecule has 0 fully saturated rings. The number of fused-ring (bicyclic) bond motifs is 1. The van der Waals surface area contributed by atoms with Crippen LogP contribution in [0.3, 0.4) is 0 Å². The van der Waals surface area contributed by atoms with E-state index in [2.05, 4.69) is 9.97 Å². The van der Waals surface area contributed by atoms with Crippen LogP contribution in [0, 0.1) is 6.92 Å². The minimum Gasteiger partial charge on any atom is -0.495 e. The van der Waals surface area contributed by atoms with E-state index in [4.69, 9.17) is 16.3 Å². The molecule has 0 saturated carbocycles. The molecule has 1 aliphatic heterocycles. The Morgan fingerprint density at radius 1 is 1.35 bits per heavy atom. The van der Waals surface area contributed by atoms with E-state index in [0.29, 0.717) is 23.8 Å². The third-order valence-electron chi connectivity index (χ3n) is 3.76. The summed E-state index contributed by atoms with van der Waals surface area (Å²) in [7, 11) is -2.28. The molecule has 2 heterocycles. The van der Waals surface area contributed by atoms with E-state index in [-0.39, 0.29) is 17.2 Å². The number of hydrogen-bond donors (Lipinski definition) is 0. The lowest BCUT2D eigenvalue weighted by Crippen LogP contribution is -2.36. The zero-order chi connectivity index (χ0) is 16.6. The average Bonchev–Trinajstić information content (AvgIpc) is 2.54. The molecule has 0 spiro atoms. The third-order valence-corrected chi connectivity index (χ3v) is 5.86. The maximum absolute atomic E-state index is 12.9. The first kappa shape index (κ1) is 16.2. The topological polar surface area (TPSA) is 72.4 Å². The molecule has 3 rings (SSSR count). The van der Waals surface area contributed by atoms with Crippen LogP contribution in [0.4, 0.5) is 0 Å². The molecule has 0 amide bonds. The van der Waals surface area contributed by atoms with Crippen molar-refractivity contribution < 1.29 is 13.2 Å². The standard InChI is InChI=1S/C15H16ClN3O3S/c1-10-17-8-11-9-19(6-5-13(11)18-10)23(20,21)15-7-12(16)3-4-14(15)22-2/h3-4,7-8H,5-6,9H2,1-2H3. The summed E-state index contributed by atoms with van der Waals surface area (Å²) in [6, 6.07) is 4.57. The zero-order valence-corrected chi connectivity index (χ0v) is 14.4. The highest BCUT2D eigenvalue weighted by Crippen LogP contribution is 2.31. The number of aryl methyl sites for hydroxylation is 1. The highest BCUT2D eigenvalue weighted by molar-refractivity contribution is 7.89. The zero-order valence-electron chi connectivity index (χ0n) is 12.8. The van der Waals surface area contributed by atoms with E-state index in [1.165, 1.54) is 17.5 Å². The van der Waals surface area contributed by atoms with Crippen molar-refractivity contribution in [2.75, 3.05) is 13.7 Å². The Labute approximate surface area is 140 Å². The van der Waals surface area contributed by atoms with Gasteiger partial charge in [0, 0.05) is 42.0 Å². The van der Waals surface area contributed by atoms with Crippen molar-refractivity contribution >= 4 is 21.6 Å². The van der Waals surface area contributed by atoms with Crippen molar-refractivity contribution in [3.63, 3.8) is 0 Å². The number of methoxy groups -OCH3 is 1. The molecule has 1 aromatic heterocycles. The number of halogens is 1. The molecule has 2 aromatic rings. The lowest BCUT2D eigenvalue weighted by atomic mass is 10.1. The number of nitrogens with zero attached hydrogens (tertiary/aromatic N) is 3. The minimum atomic E-state index is -3.71. The van der Waals surface area contributed by atoms with Crippen molar-refractivity contribution in [1.82, 2.24) is 14.3 Å². The predicted octanol–water partition coefficient (Wildman–Crippen LogP) is 2.19. The molecule has 0 bridgehead atoms. The van der Waals surface area contributed by atoms with Crippen molar-refractivity contribution in [3.8, 4) is 5.75 Å². The van der Waals surface area contributed by atoms with E-state index >= 15 is 0 Å². The fourth-order valence-corrected chi connectivity index (χ4v) is 4.42. The highest BCUT2D eigenvalue weighted by Gasteiger charge is 2.31. The Balaban J connectivity index is 1.98. The number of hydrogen-bond acceptors (Lipinski definition) is 5. The van der Waals surface area contributed by atoms with Crippen LogP contribution in [-0.2, 0) is 23.0 Å². The Bertz CT molecular complexity index is 855. The van der Waals surface area contributed by atoms with Gasteiger partial charge >= 0.3 is 0 Å². The van der Waals surface area contributed by atoms with Gasteiger partial charge in [-0.15, -0.1) is 0 Å². The second-order valence-corrected chi connectivity index (χ2v) is 7.62. The van der Waals surface area contributed by atoms with Gasteiger partial charge in [0.05, 0.1) is 7.11 Å². The molecule has 8 heteroatoms. The van der Waals surface area contributed by atoms with Gasteiger partial charge in [-0.2, -0.15) is 4.31 Å². The number of benzene rings is 1. The van der Waals surface area contributed by atoms with Crippen LogP contribution < -0.4 is 4.74 Å². The lowest BCUT2D eigenvalue weighted by Gasteiger charge is -2.27. The van der Waals surface area contributed by atoms with Crippen LogP contribution in [-0.4, -0.2) is 36.3 Å². The molecular formula is C15H16ClN3O3S. The summed E-state index contributed by atoms with van der Waals surface area (Å²) in [5.74, 6) is 0.969. The van der Waals surface area contributed by atoms with Crippen molar-refractivity contribution in [3.05, 3.63) is 46.5 Å². The Hall–Kier alpha value is -1.70. The fourth-order valence-electron chi connectivity index (χ4n) is 2.59. The quantitative estimate of drug-likeness (QED) is 0.845. The molecule has 23 heavy (non-hydrogen) atoms. The molecule has 1 aromatic carbocycles. The van der Waals surface area contributed by atoms with Gasteiger partial charge in [-0.3, -0.25) is 0 Å². The van der Waals surface area contributed by atoms with Gasteiger partial charge in [0.2, 0.25) is 10.0 Å². The Morgan fingerprint density at radius 3 is 2.87 bits per heavy atom. The maximum atomic E-state index is 12.9. The summed E-state index contributed by atoms with van der Waals surface area (Å²) in [6.45, 7) is 2.43. The lowest BCUT2D eigenvalue weighted by molar-refractivity contribution is 0.375. The van der Waals surface area contributed by atoms with Crippen LogP contribution in [0.1, 0.15) is 17.1 Å². The van der Waals surface area contributed by atoms with Crippen LogP contribution >= 0.6 is 11.6 Å². The SMILES string of the molecule is COc1ccc(Cl)cc1S(=O)(=O)N1CCc2nc(C)ncc2C1. The molecule has 0 atom stereocenters. The van der Waals surface area contributed by atoms with E-state index in [9.17, 15) is 8.42 Å². The first-order valence-electron chi connectivity index (χ1n) is 7.07. The molecule has 0 N–H and O–H groups in total. The third kappa shape index (κ3) is 3.04. The molecular weight excluding hydrogens is 338 g/mol. The summed E-state index contributed by atoms with van der Waals surface area (Å²) in [4.78, 5) is 8.60. The van der Waals surface area contributed by atoms with E-state index in [1.807, 2.05) is 6.92 Å². The molecule has 1 aliphatic rings. The molecule has 0 saturated heterocycles. The van der Waals surface area contributed by atoms with E-state index in [1.54, 1.807) is 18.3 Å². The molecule has 0 radical (unpaired) electrons. The van der Waals surface area contributed by atoms with E-state index in [0.717, 1.165) is 11.3 Å². The highest BCUT2D eigenvalue weighted by atomic mass is 35.5. The van der Waals surface area contributed by atoms with E-state index < -0.39 is 10.0 Å². The summed E-state index contributed by atoms with van der Waals surface area (Å²) in [6.07, 6.45) is 2.25. The summed E-state index contributed by atoms with van der Waals surface area (Å²) in [5.41, 5.74) is 1.73. The van der Waals surface area contributed by atoms with Crippen molar-refractivity contribution in [1.29, 1.82) is 0 Å². The molecule has 6 nitrogen and oxygen atoms in total. The summed E-state index contributed by atoms with van der Waals surface area (Å²) in [5, 5.41) is 0.348. The summed E-state index contributed by atoms with van der Waals surface area (Å²) >= 11 is 5.96. The van der Waals surface area contributed by atoms with Crippen LogP contribution in [0.5, 0.6) is 5.75 Å². The van der Waals surface area contributed by atoms with Gasteiger partial charge in [0.1, 0.15) is 16.5 Å². The number of ether oxygens (including phenoxy) is 1. The Kier molecular flexibility index (Phi) is 4.27. The normalized spacial score (nSPS) is 15.3. The van der Waals surface area contributed by atoms with Gasteiger partial charge in [0.25, 0.3) is 0 Å². The largest absolute Gasteiger partial charge is 0.495 e. The van der Waals surface area contributed by atoms with Crippen LogP contribution in [0.25, 0.3) is 0 Å². The van der Waals surface area contributed by atoms with Crippen LogP contribution in [0.2, 0.25) is 5.02 Å². The number of rotatable bonds is 3. The molecule has 122 valence electrons. The first-order chi connectivity index (χ1) is 10.9. The van der Waals surface area contributed by atoms with Gasteiger partial charge in [-0.05, 0) is 25.1 Å². The number of aromatic nitrogens is 2. The minimum absolute atomic E-state index is 0.0731. The number of sulfonamides is 1. The fraction of sp³-hybridized carbons (Fsp3) is 0.333. The van der Waals surface area contributed by atoms with Gasteiger partial charge in [0.15, 0.2) is 0 Å². The van der Waals surface area contributed by atoms with Crippen LogP contribution in [0.15, 0.2) is 29.3 Å². The van der Waals surface area contributed by atoms with Gasteiger partial charge < -0.3 is 4.74 Å². The average molecular weight is 354 g/mol. The second kappa shape index (κ2) is 6.07. The van der Waals surface area contributed by atoms with Gasteiger partial charge in [-0.1, -0.05) is 11.6 Å². The maximum Gasteiger partial charge on any atom is 0.247 e. The smallest absolute Gasteiger partial charge is 0.247 e. The van der Waals surface area contributed by atoms with Crippen molar-refractivity contribution in [2.45, 2.75) is 24.8 Å². The predicted molar refractivity (Wildman–Crippen MR) is 86.1 cm³/mol. The molecule has 0 unspecified atom stereocenters.